The number of hydrogen-bond donors (Lipinski definition) is 2. The van der Waals surface area contributed by atoms with Crippen LogP contribution < -0.4 is 10.6 Å². The van der Waals surface area contributed by atoms with Gasteiger partial charge in [-0.25, -0.2) is 8.42 Å². The smallest absolute Gasteiger partial charge is 0.243 e. The zero-order chi connectivity index (χ0) is 18.4. The number of nitrogens with zero attached hydrogens (tertiary/aromatic N) is 2. The molecule has 0 spiro atoms. The summed E-state index contributed by atoms with van der Waals surface area (Å²) in [6.07, 6.45) is 0. The maximum atomic E-state index is 12.8. The van der Waals surface area contributed by atoms with Gasteiger partial charge in [-0.1, -0.05) is 19.9 Å². The fourth-order valence-corrected chi connectivity index (χ4v) is 4.30. The largest absolute Gasteiger partial charge is 0.326 e. The molecule has 0 saturated carbocycles. The van der Waals surface area contributed by atoms with E-state index in [9.17, 15) is 13.2 Å². The normalized spacial score (nSPS) is 16.7. The highest BCUT2D eigenvalue weighted by molar-refractivity contribution is 7.89. The molecule has 2 N–H and O–H groups in total. The SMILES string of the molecule is CCN1CCN(S(=O)(=O)c2cccc(NC(=O)C(C)CNC)c2)CC1.Cl.Cl. The van der Waals surface area contributed by atoms with Gasteiger partial charge in [-0.05, 0) is 31.8 Å². The molecule has 27 heavy (non-hydrogen) atoms. The van der Waals surface area contributed by atoms with E-state index in [0.717, 1.165) is 19.6 Å². The van der Waals surface area contributed by atoms with Gasteiger partial charge < -0.3 is 15.5 Å². The van der Waals surface area contributed by atoms with Crippen LogP contribution in [0.25, 0.3) is 0 Å². The number of amides is 1. The van der Waals surface area contributed by atoms with Gasteiger partial charge in [0.05, 0.1) is 4.90 Å². The fourth-order valence-electron chi connectivity index (χ4n) is 2.83. The summed E-state index contributed by atoms with van der Waals surface area (Å²) in [5.41, 5.74) is 0.501. The molecule has 2 rings (SSSR count). The maximum absolute atomic E-state index is 12.8. The first-order valence-electron chi connectivity index (χ1n) is 8.66. The summed E-state index contributed by atoms with van der Waals surface area (Å²) in [6.45, 7) is 7.86. The van der Waals surface area contributed by atoms with Crippen LogP contribution in [-0.2, 0) is 14.8 Å². The maximum Gasteiger partial charge on any atom is 0.243 e. The molecule has 0 radical (unpaired) electrons. The minimum Gasteiger partial charge on any atom is -0.326 e. The lowest BCUT2D eigenvalue weighted by molar-refractivity contribution is -0.119. The van der Waals surface area contributed by atoms with Crippen molar-refractivity contribution in [3.8, 4) is 0 Å². The predicted molar refractivity (Wildman–Crippen MR) is 114 cm³/mol. The summed E-state index contributed by atoms with van der Waals surface area (Å²) in [6, 6.07) is 6.48. The highest BCUT2D eigenvalue weighted by atomic mass is 35.5. The molecule has 1 aliphatic rings. The van der Waals surface area contributed by atoms with Crippen LogP contribution in [0.5, 0.6) is 0 Å². The molecule has 1 aromatic carbocycles. The molecule has 1 aliphatic heterocycles. The number of carbonyl (C=O) groups is 1. The van der Waals surface area contributed by atoms with Crippen LogP contribution in [0.3, 0.4) is 0 Å². The molecule has 1 atom stereocenters. The molecule has 1 amide bonds. The molecular weight excluding hydrogens is 411 g/mol. The van der Waals surface area contributed by atoms with Crippen LogP contribution in [0.4, 0.5) is 5.69 Å². The van der Waals surface area contributed by atoms with Crippen LogP contribution >= 0.6 is 24.8 Å². The standard InChI is InChI=1S/C17H28N4O3S.2ClH/c1-4-20-8-10-21(11-9-20)25(23,24)16-7-5-6-15(12-16)19-17(22)14(2)13-18-3;;/h5-7,12,14,18H,4,8-11,13H2,1-3H3,(H,19,22);2*1H. The third-order valence-electron chi connectivity index (χ3n) is 4.48. The summed E-state index contributed by atoms with van der Waals surface area (Å²) in [5.74, 6) is -0.340. The Hall–Kier alpha value is -0.900. The number of anilines is 1. The van der Waals surface area contributed by atoms with E-state index < -0.39 is 10.0 Å². The van der Waals surface area contributed by atoms with Crippen molar-refractivity contribution in [3.63, 3.8) is 0 Å². The molecule has 1 heterocycles. The van der Waals surface area contributed by atoms with E-state index in [-0.39, 0.29) is 41.5 Å². The lowest BCUT2D eigenvalue weighted by Gasteiger charge is -2.33. The van der Waals surface area contributed by atoms with Crippen molar-refractivity contribution in [1.29, 1.82) is 0 Å². The van der Waals surface area contributed by atoms with Crippen LogP contribution in [-0.4, -0.2) is 69.8 Å². The quantitative estimate of drug-likeness (QED) is 0.673. The van der Waals surface area contributed by atoms with Crippen LogP contribution in [0.15, 0.2) is 29.2 Å². The van der Waals surface area contributed by atoms with Gasteiger partial charge in [-0.2, -0.15) is 4.31 Å². The van der Waals surface area contributed by atoms with Gasteiger partial charge in [0.15, 0.2) is 0 Å². The number of piperazine rings is 1. The van der Waals surface area contributed by atoms with Crippen molar-refractivity contribution >= 4 is 46.4 Å². The van der Waals surface area contributed by atoms with Gasteiger partial charge in [0, 0.05) is 44.3 Å². The van der Waals surface area contributed by atoms with Crippen molar-refractivity contribution in [2.24, 2.45) is 5.92 Å². The van der Waals surface area contributed by atoms with E-state index in [1.54, 1.807) is 25.2 Å². The minimum absolute atomic E-state index is 0. The van der Waals surface area contributed by atoms with Crippen molar-refractivity contribution < 1.29 is 13.2 Å². The second-order valence-electron chi connectivity index (χ2n) is 6.31. The van der Waals surface area contributed by atoms with Crippen LogP contribution in [0.1, 0.15) is 13.8 Å². The van der Waals surface area contributed by atoms with E-state index in [1.807, 2.05) is 6.92 Å². The zero-order valence-electron chi connectivity index (χ0n) is 16.0. The monoisotopic (exact) mass is 440 g/mol. The van der Waals surface area contributed by atoms with Crippen LogP contribution in [0.2, 0.25) is 0 Å². The number of rotatable bonds is 7. The van der Waals surface area contributed by atoms with Gasteiger partial charge in [0.25, 0.3) is 0 Å². The van der Waals surface area contributed by atoms with E-state index in [1.165, 1.54) is 10.4 Å². The lowest BCUT2D eigenvalue weighted by atomic mass is 10.1. The molecule has 1 unspecified atom stereocenters. The Kier molecular flexibility index (Phi) is 11.4. The Labute approximate surface area is 174 Å². The van der Waals surface area contributed by atoms with Gasteiger partial charge in [0.1, 0.15) is 0 Å². The van der Waals surface area contributed by atoms with Crippen LogP contribution in [0, 0.1) is 5.92 Å². The van der Waals surface area contributed by atoms with Gasteiger partial charge in [-0.15, -0.1) is 24.8 Å². The number of sulfonamides is 1. The molecule has 156 valence electrons. The average molecular weight is 441 g/mol. The van der Waals surface area contributed by atoms with Gasteiger partial charge in [-0.3, -0.25) is 4.79 Å². The van der Waals surface area contributed by atoms with E-state index >= 15 is 0 Å². The fraction of sp³-hybridized carbons (Fsp3) is 0.588. The van der Waals surface area contributed by atoms with Gasteiger partial charge in [0.2, 0.25) is 15.9 Å². The Morgan fingerprint density at radius 2 is 1.81 bits per heavy atom. The van der Waals surface area contributed by atoms with Crippen molar-refractivity contribution in [1.82, 2.24) is 14.5 Å². The molecule has 10 heteroatoms. The Bertz CT molecular complexity index is 695. The summed E-state index contributed by atoms with van der Waals surface area (Å²) < 4.78 is 27.2. The van der Waals surface area contributed by atoms with E-state index in [4.69, 9.17) is 0 Å². The van der Waals surface area contributed by atoms with Crippen molar-refractivity contribution in [2.45, 2.75) is 18.7 Å². The number of benzene rings is 1. The molecule has 1 fully saturated rings. The Morgan fingerprint density at radius 1 is 1.19 bits per heavy atom. The zero-order valence-corrected chi connectivity index (χ0v) is 18.4. The molecular formula is C17H30Cl2N4O3S. The third-order valence-corrected chi connectivity index (χ3v) is 6.37. The highest BCUT2D eigenvalue weighted by Crippen LogP contribution is 2.21. The first kappa shape index (κ1) is 26.1. The highest BCUT2D eigenvalue weighted by Gasteiger charge is 2.28. The lowest BCUT2D eigenvalue weighted by Crippen LogP contribution is -2.48. The predicted octanol–water partition coefficient (Wildman–Crippen LogP) is 1.65. The number of nitrogens with one attached hydrogen (secondary N) is 2. The summed E-state index contributed by atoms with van der Waals surface area (Å²) in [5, 5.41) is 5.74. The summed E-state index contributed by atoms with van der Waals surface area (Å²) in [7, 11) is -1.75. The first-order chi connectivity index (χ1) is 11.9. The molecule has 0 bridgehead atoms. The van der Waals surface area contributed by atoms with E-state index in [0.29, 0.717) is 25.3 Å². The minimum atomic E-state index is -3.54. The Balaban J connectivity index is 0.00000338. The molecule has 0 aromatic heterocycles. The average Bonchev–Trinajstić information content (AvgIpc) is 2.62. The topological polar surface area (TPSA) is 81.8 Å². The van der Waals surface area contributed by atoms with Crippen molar-refractivity contribution in [3.05, 3.63) is 24.3 Å². The number of halogens is 2. The number of hydrogen-bond acceptors (Lipinski definition) is 5. The van der Waals surface area contributed by atoms with Crippen molar-refractivity contribution in [2.75, 3.05) is 51.6 Å². The van der Waals surface area contributed by atoms with E-state index in [2.05, 4.69) is 22.5 Å². The molecule has 0 aliphatic carbocycles. The molecule has 1 aromatic rings. The molecule has 7 nitrogen and oxygen atoms in total. The van der Waals surface area contributed by atoms with Gasteiger partial charge >= 0.3 is 0 Å². The summed E-state index contributed by atoms with van der Waals surface area (Å²) in [4.78, 5) is 14.6. The number of carbonyl (C=O) groups excluding carboxylic acids is 1. The molecule has 1 saturated heterocycles. The second kappa shape index (κ2) is 11.8. The summed E-state index contributed by atoms with van der Waals surface area (Å²) >= 11 is 0. The third kappa shape index (κ3) is 6.89. The Morgan fingerprint density at radius 3 is 2.37 bits per heavy atom. The number of likely N-dealkylation sites (N-methyl/N-ethyl adjacent to an activating group) is 1. The first-order valence-corrected chi connectivity index (χ1v) is 10.1. The second-order valence-corrected chi connectivity index (χ2v) is 8.25.